The van der Waals surface area contributed by atoms with E-state index >= 15 is 0 Å². The molecule has 0 spiro atoms. The molecular formula is C19H24O. The van der Waals surface area contributed by atoms with Crippen LogP contribution in [-0.2, 0) is 0 Å². The molecule has 0 aliphatic carbocycles. The van der Waals surface area contributed by atoms with Crippen LogP contribution in [0.3, 0.4) is 0 Å². The molecule has 106 valence electrons. The zero-order valence-corrected chi connectivity index (χ0v) is 12.5. The van der Waals surface area contributed by atoms with Crippen LogP contribution in [0.4, 0.5) is 0 Å². The Kier molecular flexibility index (Phi) is 5.37. The van der Waals surface area contributed by atoms with Crippen molar-refractivity contribution in [2.24, 2.45) is 0 Å². The summed E-state index contributed by atoms with van der Waals surface area (Å²) in [6, 6.07) is 14.5. The topological polar surface area (TPSA) is 20.2 Å². The van der Waals surface area contributed by atoms with Gasteiger partial charge >= 0.3 is 0 Å². The van der Waals surface area contributed by atoms with Crippen LogP contribution in [0.2, 0.25) is 0 Å². The second kappa shape index (κ2) is 7.25. The van der Waals surface area contributed by atoms with E-state index in [4.69, 9.17) is 0 Å². The lowest BCUT2D eigenvalue weighted by Crippen LogP contribution is -2.02. The standard InChI is InChI=1S/C19H24O/c1-3-5-9-16(8-4-2)19(20)18-13-12-15-10-6-7-11-17(15)14-18/h6-7,9-14,19-20H,3-5,8H2,1-2H3/b16-9+. The van der Waals surface area contributed by atoms with Crippen LogP contribution in [0, 0.1) is 0 Å². The van der Waals surface area contributed by atoms with Gasteiger partial charge in [-0.15, -0.1) is 0 Å². The van der Waals surface area contributed by atoms with Crippen LogP contribution in [0.25, 0.3) is 10.8 Å². The highest BCUT2D eigenvalue weighted by molar-refractivity contribution is 5.83. The fourth-order valence-electron chi connectivity index (χ4n) is 2.56. The Labute approximate surface area is 122 Å². The number of allylic oxidation sites excluding steroid dienone is 1. The molecule has 2 aromatic carbocycles. The van der Waals surface area contributed by atoms with E-state index < -0.39 is 6.10 Å². The molecule has 2 rings (SSSR count). The van der Waals surface area contributed by atoms with Crippen LogP contribution < -0.4 is 0 Å². The summed E-state index contributed by atoms with van der Waals surface area (Å²) in [4.78, 5) is 0. The van der Waals surface area contributed by atoms with E-state index in [9.17, 15) is 5.11 Å². The number of hydrogen-bond acceptors (Lipinski definition) is 1. The monoisotopic (exact) mass is 268 g/mol. The van der Waals surface area contributed by atoms with Gasteiger partial charge in [0.05, 0.1) is 0 Å². The third kappa shape index (κ3) is 3.49. The summed E-state index contributed by atoms with van der Waals surface area (Å²) in [6.45, 7) is 4.33. The molecule has 0 aliphatic heterocycles. The lowest BCUT2D eigenvalue weighted by molar-refractivity contribution is 0.210. The van der Waals surface area contributed by atoms with Crippen molar-refractivity contribution in [3.05, 3.63) is 59.7 Å². The van der Waals surface area contributed by atoms with Gasteiger partial charge in [0.25, 0.3) is 0 Å². The van der Waals surface area contributed by atoms with E-state index in [0.29, 0.717) is 0 Å². The summed E-state index contributed by atoms with van der Waals surface area (Å²) >= 11 is 0. The lowest BCUT2D eigenvalue weighted by Gasteiger charge is -2.16. The summed E-state index contributed by atoms with van der Waals surface area (Å²) in [5.41, 5.74) is 2.16. The number of fused-ring (bicyclic) bond motifs is 1. The van der Waals surface area contributed by atoms with E-state index in [1.807, 2.05) is 18.2 Å². The Balaban J connectivity index is 2.30. The number of rotatable bonds is 6. The molecule has 1 N–H and O–H groups in total. The number of benzene rings is 2. The number of aliphatic hydroxyl groups excluding tert-OH is 1. The van der Waals surface area contributed by atoms with Gasteiger partial charge in [-0.25, -0.2) is 0 Å². The van der Waals surface area contributed by atoms with Gasteiger partial charge in [0.15, 0.2) is 0 Å². The highest BCUT2D eigenvalue weighted by Gasteiger charge is 2.12. The summed E-state index contributed by atoms with van der Waals surface area (Å²) in [5.74, 6) is 0. The third-order valence-corrected chi connectivity index (χ3v) is 3.67. The van der Waals surface area contributed by atoms with Crippen LogP contribution >= 0.6 is 0 Å². The third-order valence-electron chi connectivity index (χ3n) is 3.67. The minimum Gasteiger partial charge on any atom is -0.384 e. The van der Waals surface area contributed by atoms with E-state index in [0.717, 1.165) is 36.8 Å². The average molecular weight is 268 g/mol. The minimum atomic E-state index is -0.467. The summed E-state index contributed by atoms with van der Waals surface area (Å²) < 4.78 is 0. The molecule has 2 aromatic rings. The Morgan fingerprint density at radius 2 is 1.80 bits per heavy atom. The van der Waals surface area contributed by atoms with Crippen LogP contribution in [-0.4, -0.2) is 5.11 Å². The first-order valence-corrected chi connectivity index (χ1v) is 7.62. The fraction of sp³-hybridized carbons (Fsp3) is 0.368. The van der Waals surface area contributed by atoms with Crippen molar-refractivity contribution in [2.45, 2.75) is 45.6 Å². The van der Waals surface area contributed by atoms with E-state index in [-0.39, 0.29) is 0 Å². The van der Waals surface area contributed by atoms with E-state index in [2.05, 4.69) is 44.2 Å². The molecule has 1 atom stereocenters. The molecule has 20 heavy (non-hydrogen) atoms. The molecular weight excluding hydrogens is 244 g/mol. The van der Waals surface area contributed by atoms with Crippen LogP contribution in [0.15, 0.2) is 54.1 Å². The fourth-order valence-corrected chi connectivity index (χ4v) is 2.56. The average Bonchev–Trinajstić information content (AvgIpc) is 2.50. The SMILES string of the molecule is CCC/C=C(\CCC)C(O)c1ccc2ccccc2c1. The number of hydrogen-bond donors (Lipinski definition) is 1. The highest BCUT2D eigenvalue weighted by Crippen LogP contribution is 2.28. The maximum Gasteiger partial charge on any atom is 0.100 e. The molecule has 0 aromatic heterocycles. The zero-order valence-electron chi connectivity index (χ0n) is 12.5. The molecule has 1 unspecified atom stereocenters. The molecule has 1 nitrogen and oxygen atoms in total. The zero-order chi connectivity index (χ0) is 14.4. The molecule has 0 heterocycles. The second-order valence-electron chi connectivity index (χ2n) is 5.33. The first kappa shape index (κ1) is 14.8. The molecule has 0 radical (unpaired) electrons. The Morgan fingerprint density at radius 3 is 2.50 bits per heavy atom. The van der Waals surface area contributed by atoms with E-state index in [1.54, 1.807) is 0 Å². The first-order chi connectivity index (χ1) is 9.76. The largest absolute Gasteiger partial charge is 0.384 e. The Bertz CT molecular complexity index is 583. The predicted molar refractivity (Wildman–Crippen MR) is 86.8 cm³/mol. The van der Waals surface area contributed by atoms with Crippen LogP contribution in [0.1, 0.15) is 51.2 Å². The maximum absolute atomic E-state index is 10.6. The van der Waals surface area contributed by atoms with Crippen molar-refractivity contribution < 1.29 is 5.11 Å². The van der Waals surface area contributed by atoms with Gasteiger partial charge in [0.2, 0.25) is 0 Å². The second-order valence-corrected chi connectivity index (χ2v) is 5.33. The van der Waals surface area contributed by atoms with Crippen molar-refractivity contribution >= 4 is 10.8 Å². The molecule has 0 aliphatic rings. The van der Waals surface area contributed by atoms with Gasteiger partial charge in [-0.2, -0.15) is 0 Å². The van der Waals surface area contributed by atoms with Gasteiger partial charge < -0.3 is 5.11 Å². The summed E-state index contributed by atoms with van der Waals surface area (Å²) in [5, 5.41) is 13.0. The number of unbranched alkanes of at least 4 members (excludes halogenated alkanes) is 1. The highest BCUT2D eigenvalue weighted by atomic mass is 16.3. The molecule has 1 heteroatoms. The maximum atomic E-state index is 10.6. The van der Waals surface area contributed by atoms with Gasteiger partial charge in [0.1, 0.15) is 6.10 Å². The van der Waals surface area contributed by atoms with Gasteiger partial charge in [-0.05, 0) is 40.8 Å². The first-order valence-electron chi connectivity index (χ1n) is 7.62. The summed E-state index contributed by atoms with van der Waals surface area (Å²) in [7, 11) is 0. The number of aliphatic hydroxyl groups is 1. The van der Waals surface area contributed by atoms with Gasteiger partial charge in [-0.3, -0.25) is 0 Å². The van der Waals surface area contributed by atoms with Crippen molar-refractivity contribution in [2.75, 3.05) is 0 Å². The van der Waals surface area contributed by atoms with Crippen molar-refractivity contribution in [1.29, 1.82) is 0 Å². The molecule has 0 fully saturated rings. The molecule has 0 amide bonds. The van der Waals surface area contributed by atoms with Crippen molar-refractivity contribution in [1.82, 2.24) is 0 Å². The van der Waals surface area contributed by atoms with Gasteiger partial charge in [0, 0.05) is 0 Å². The van der Waals surface area contributed by atoms with Gasteiger partial charge in [-0.1, -0.05) is 69.2 Å². The normalized spacial score (nSPS) is 13.7. The van der Waals surface area contributed by atoms with E-state index in [1.165, 1.54) is 10.8 Å². The Hall–Kier alpha value is -1.60. The summed E-state index contributed by atoms with van der Waals surface area (Å²) in [6.07, 6.45) is 5.95. The predicted octanol–water partition coefficient (Wildman–Crippen LogP) is 5.40. The molecule has 0 saturated heterocycles. The quantitative estimate of drug-likeness (QED) is 0.695. The van der Waals surface area contributed by atoms with Crippen molar-refractivity contribution in [3.8, 4) is 0 Å². The van der Waals surface area contributed by atoms with Crippen molar-refractivity contribution in [3.63, 3.8) is 0 Å². The molecule has 0 saturated carbocycles. The Morgan fingerprint density at radius 1 is 1.05 bits per heavy atom. The smallest absolute Gasteiger partial charge is 0.100 e. The lowest BCUT2D eigenvalue weighted by atomic mass is 9.95. The molecule has 0 bridgehead atoms. The minimum absolute atomic E-state index is 0.467. The van der Waals surface area contributed by atoms with Crippen LogP contribution in [0.5, 0.6) is 0 Å².